The fourth-order valence-corrected chi connectivity index (χ4v) is 4.83. The molecule has 2 aromatic heterocycles. The molecule has 4 nitrogen and oxygen atoms in total. The van der Waals surface area contributed by atoms with Crippen molar-refractivity contribution in [2.24, 2.45) is 5.73 Å². The Balaban J connectivity index is 0.000000165. The molecule has 132 valence electrons. The van der Waals surface area contributed by atoms with E-state index in [2.05, 4.69) is 58.9 Å². The molecule has 2 heterocycles. The molecular weight excluding hydrogens is 508 g/mol. The van der Waals surface area contributed by atoms with Crippen LogP contribution in [0.3, 0.4) is 0 Å². The Bertz CT molecular complexity index is 971. The monoisotopic (exact) mass is 520 g/mol. The summed E-state index contributed by atoms with van der Waals surface area (Å²) in [7, 11) is 3.38. The molecule has 0 atom stereocenters. The molecule has 0 fully saturated rings. The Morgan fingerprint density at radius 2 is 1.44 bits per heavy atom. The largest absolute Gasteiger partial charge is 0.365 e. The second-order valence-electron chi connectivity index (χ2n) is 4.46. The van der Waals surface area contributed by atoms with Crippen LogP contribution >= 0.6 is 66.1 Å². The number of nitrogens with one attached hydrogen (secondary N) is 1. The number of nitrogens with two attached hydrogens (primary N) is 1. The van der Waals surface area contributed by atoms with Crippen LogP contribution in [0.2, 0.25) is 4.47 Å². The quantitative estimate of drug-likeness (QED) is 0.304. The van der Waals surface area contributed by atoms with Crippen LogP contribution in [0.4, 0.5) is 5.13 Å². The second kappa shape index (κ2) is 9.80. The smallest absolute Gasteiger partial charge is 0.184 e. The van der Waals surface area contributed by atoms with Crippen LogP contribution in [0.15, 0.2) is 45.3 Å². The van der Waals surface area contributed by atoms with Gasteiger partial charge in [-0.05, 0) is 43.4 Å². The van der Waals surface area contributed by atoms with Crippen LogP contribution in [0.1, 0.15) is 0 Å². The van der Waals surface area contributed by atoms with Gasteiger partial charge in [0, 0.05) is 16.0 Å². The first-order chi connectivity index (χ1) is 12.0. The summed E-state index contributed by atoms with van der Waals surface area (Å²) in [5.41, 5.74) is 6.51. The summed E-state index contributed by atoms with van der Waals surface area (Å²) in [5.74, 6) is 0. The number of benzene rings is 2. The Morgan fingerprint density at radius 1 is 0.920 bits per heavy atom. The second-order valence-corrected chi connectivity index (χ2v) is 8.93. The van der Waals surface area contributed by atoms with Crippen molar-refractivity contribution in [1.82, 2.24) is 9.97 Å². The number of anilines is 1. The van der Waals surface area contributed by atoms with E-state index in [0.29, 0.717) is 4.47 Å². The van der Waals surface area contributed by atoms with Gasteiger partial charge in [0.15, 0.2) is 9.60 Å². The number of halogens is 3. The summed E-state index contributed by atoms with van der Waals surface area (Å²) < 4.78 is 5.07. The highest BCUT2D eigenvalue weighted by atomic mass is 79.9. The van der Waals surface area contributed by atoms with Gasteiger partial charge in [-0.25, -0.2) is 9.97 Å². The number of thiazole rings is 2. The summed E-state index contributed by atoms with van der Waals surface area (Å²) in [6, 6.07) is 12.0. The van der Waals surface area contributed by atoms with Crippen LogP contribution in [0.25, 0.3) is 20.4 Å². The van der Waals surface area contributed by atoms with Crippen molar-refractivity contribution < 1.29 is 0 Å². The van der Waals surface area contributed by atoms with Crippen LogP contribution < -0.4 is 11.1 Å². The summed E-state index contributed by atoms with van der Waals surface area (Å²) in [4.78, 5) is 8.48. The molecule has 0 unspecified atom stereocenters. The van der Waals surface area contributed by atoms with Crippen molar-refractivity contribution in [2.75, 3.05) is 19.4 Å². The summed E-state index contributed by atoms with van der Waals surface area (Å²) >= 11 is 15.7. The molecule has 0 saturated heterocycles. The minimum Gasteiger partial charge on any atom is -0.365 e. The van der Waals surface area contributed by atoms with Crippen LogP contribution in [0, 0.1) is 0 Å². The van der Waals surface area contributed by atoms with Gasteiger partial charge >= 0.3 is 0 Å². The van der Waals surface area contributed by atoms with Crippen molar-refractivity contribution in [2.45, 2.75) is 0 Å². The van der Waals surface area contributed by atoms with Crippen molar-refractivity contribution in [3.8, 4) is 0 Å². The maximum Gasteiger partial charge on any atom is 0.184 e. The van der Waals surface area contributed by atoms with Gasteiger partial charge in [0.05, 0.1) is 20.4 Å². The fourth-order valence-electron chi connectivity index (χ4n) is 1.88. The number of hydrogen-bond donors (Lipinski definition) is 2. The van der Waals surface area contributed by atoms with E-state index in [-0.39, 0.29) is 0 Å². The lowest BCUT2D eigenvalue weighted by molar-refractivity contribution is 1.41. The topological polar surface area (TPSA) is 63.8 Å². The van der Waals surface area contributed by atoms with Crippen LogP contribution in [-0.4, -0.2) is 24.1 Å². The lowest BCUT2D eigenvalue weighted by atomic mass is 10.3. The van der Waals surface area contributed by atoms with Gasteiger partial charge in [-0.15, -0.1) is 11.3 Å². The molecular formula is C16H15Br2ClN4S2. The van der Waals surface area contributed by atoms with E-state index in [0.717, 1.165) is 29.8 Å². The molecule has 3 N–H and O–H groups in total. The molecule has 0 bridgehead atoms. The number of aromatic nitrogens is 2. The Hall–Kier alpha value is -0.770. The predicted octanol–water partition coefficient (Wildman–Crippen LogP) is 6.39. The molecule has 0 aliphatic rings. The average Bonchev–Trinajstić information content (AvgIpc) is 3.18. The van der Waals surface area contributed by atoms with Gasteiger partial charge in [0.2, 0.25) is 0 Å². The molecule has 0 aliphatic heterocycles. The van der Waals surface area contributed by atoms with Gasteiger partial charge in [0.1, 0.15) is 0 Å². The predicted molar refractivity (Wildman–Crippen MR) is 119 cm³/mol. The molecule has 4 aromatic rings. The first kappa shape index (κ1) is 20.5. The minimum atomic E-state index is 0.595. The average molecular weight is 523 g/mol. The van der Waals surface area contributed by atoms with Gasteiger partial charge < -0.3 is 11.1 Å². The zero-order valence-corrected chi connectivity index (χ0v) is 18.9. The van der Waals surface area contributed by atoms with E-state index in [9.17, 15) is 0 Å². The lowest BCUT2D eigenvalue weighted by Crippen LogP contribution is -1.83. The Kier molecular flexibility index (Phi) is 8.05. The molecule has 0 radical (unpaired) electrons. The van der Waals surface area contributed by atoms with Gasteiger partial charge in [-0.3, -0.25) is 0 Å². The molecule has 0 spiro atoms. The molecule has 9 heteroatoms. The van der Waals surface area contributed by atoms with E-state index in [4.69, 9.17) is 11.6 Å². The highest BCUT2D eigenvalue weighted by molar-refractivity contribution is 9.10. The van der Waals surface area contributed by atoms with E-state index in [1.807, 2.05) is 37.4 Å². The third-order valence-corrected chi connectivity index (χ3v) is 6.03. The van der Waals surface area contributed by atoms with Crippen LogP contribution in [0.5, 0.6) is 0 Å². The minimum absolute atomic E-state index is 0.595. The zero-order chi connectivity index (χ0) is 18.4. The number of rotatable bonds is 1. The number of nitrogens with zero attached hydrogens (tertiary/aromatic N) is 2. The number of hydrogen-bond acceptors (Lipinski definition) is 6. The van der Waals surface area contributed by atoms with Gasteiger partial charge in [-0.2, -0.15) is 0 Å². The number of fused-ring (bicyclic) bond motifs is 2. The zero-order valence-electron chi connectivity index (χ0n) is 13.4. The molecule has 0 saturated carbocycles. The molecule has 4 rings (SSSR count). The van der Waals surface area contributed by atoms with E-state index < -0.39 is 0 Å². The molecule has 0 aliphatic carbocycles. The highest BCUT2D eigenvalue weighted by Gasteiger charge is 2.01. The van der Waals surface area contributed by atoms with Crippen molar-refractivity contribution in [3.05, 3.63) is 49.8 Å². The molecule has 0 amide bonds. The highest BCUT2D eigenvalue weighted by Crippen LogP contribution is 2.28. The van der Waals surface area contributed by atoms with E-state index in [1.165, 1.54) is 23.1 Å². The van der Waals surface area contributed by atoms with E-state index >= 15 is 0 Å². The third-order valence-electron chi connectivity index (χ3n) is 2.89. The Labute approximate surface area is 175 Å². The van der Waals surface area contributed by atoms with E-state index in [1.54, 1.807) is 11.3 Å². The lowest BCUT2D eigenvalue weighted by Gasteiger charge is -1.86. The maximum atomic E-state index is 5.73. The van der Waals surface area contributed by atoms with Crippen molar-refractivity contribution in [1.29, 1.82) is 0 Å². The maximum absolute atomic E-state index is 5.73. The SMILES string of the molecule is CN.CNc1nc2ccc(Br)cc2s1.Clc1nc2ccc(Br)cc2s1. The standard InChI is InChI=1S/C8H7BrN2S.C7H3BrClNS.CH5N/c1-10-8-11-6-3-2-5(9)4-7(6)12-8;8-4-1-2-5-6(3-4)11-7(9)10-5;1-2/h2-4H,1H3,(H,10,11);1-3H;2H2,1H3. The van der Waals surface area contributed by atoms with Crippen molar-refractivity contribution in [3.63, 3.8) is 0 Å². The summed E-state index contributed by atoms with van der Waals surface area (Å²) in [6.07, 6.45) is 0. The van der Waals surface area contributed by atoms with Gasteiger partial charge in [0.25, 0.3) is 0 Å². The first-order valence-corrected chi connectivity index (χ1v) is 10.7. The first-order valence-electron chi connectivity index (χ1n) is 7.08. The van der Waals surface area contributed by atoms with Crippen molar-refractivity contribution >= 4 is 91.7 Å². The fraction of sp³-hybridized carbons (Fsp3) is 0.125. The molecule has 2 aromatic carbocycles. The Morgan fingerprint density at radius 3 is 2.00 bits per heavy atom. The third kappa shape index (κ3) is 5.60. The summed E-state index contributed by atoms with van der Waals surface area (Å²) in [5, 5.41) is 3.99. The molecule has 25 heavy (non-hydrogen) atoms. The summed E-state index contributed by atoms with van der Waals surface area (Å²) in [6.45, 7) is 0. The van der Waals surface area contributed by atoms with Crippen LogP contribution in [-0.2, 0) is 0 Å². The van der Waals surface area contributed by atoms with Gasteiger partial charge in [-0.1, -0.05) is 54.8 Å². The normalized spacial score (nSPS) is 10.0.